The fraction of sp³-hybridized carbons (Fsp3) is 0.684. The molecule has 1 atom stereocenters. The predicted octanol–water partition coefficient (Wildman–Crippen LogP) is 5.19. The van der Waals surface area contributed by atoms with Crippen molar-refractivity contribution in [2.75, 3.05) is 6.54 Å². The number of benzene rings is 1. The van der Waals surface area contributed by atoms with E-state index in [0.29, 0.717) is 11.5 Å². The van der Waals surface area contributed by atoms with Gasteiger partial charge in [0.25, 0.3) is 0 Å². The molecule has 1 heteroatoms. The summed E-state index contributed by atoms with van der Waals surface area (Å²) in [5, 5.41) is 3.72. The Balaban J connectivity index is 1.74. The fourth-order valence-corrected chi connectivity index (χ4v) is 3.44. The first-order valence-electron chi connectivity index (χ1n) is 8.25. The van der Waals surface area contributed by atoms with Crippen LogP contribution in [0.25, 0.3) is 0 Å². The smallest absolute Gasteiger partial charge is 0.0291 e. The number of hydrogen-bond donors (Lipinski definition) is 1. The molecule has 1 aromatic carbocycles. The standard InChI is InChI=1S/C19H31N/c1-15(17-8-6-5-7-9-17)20-14-16-10-12-18(13-11-16)19(2,3)4/h5-9,15-16,18,20H,10-14H2,1-4H3/t15-,16?,18?/m1/s1. The predicted molar refractivity (Wildman–Crippen MR) is 87.8 cm³/mol. The highest BCUT2D eigenvalue weighted by Crippen LogP contribution is 2.39. The van der Waals surface area contributed by atoms with Crippen molar-refractivity contribution in [3.05, 3.63) is 35.9 Å². The van der Waals surface area contributed by atoms with Gasteiger partial charge in [-0.3, -0.25) is 0 Å². The summed E-state index contributed by atoms with van der Waals surface area (Å²) in [7, 11) is 0. The molecule has 1 N–H and O–H groups in total. The van der Waals surface area contributed by atoms with E-state index >= 15 is 0 Å². The van der Waals surface area contributed by atoms with Crippen molar-refractivity contribution in [1.82, 2.24) is 5.32 Å². The zero-order valence-electron chi connectivity index (χ0n) is 13.7. The minimum absolute atomic E-state index is 0.469. The number of nitrogens with one attached hydrogen (secondary N) is 1. The summed E-state index contributed by atoms with van der Waals surface area (Å²) in [6.45, 7) is 10.6. The minimum atomic E-state index is 0.469. The Morgan fingerprint density at radius 2 is 1.65 bits per heavy atom. The molecule has 1 saturated carbocycles. The first kappa shape index (κ1) is 15.6. The molecule has 0 bridgehead atoms. The van der Waals surface area contributed by atoms with Gasteiger partial charge in [-0.15, -0.1) is 0 Å². The maximum absolute atomic E-state index is 3.72. The number of hydrogen-bond acceptors (Lipinski definition) is 1. The van der Waals surface area contributed by atoms with Crippen LogP contribution in [0, 0.1) is 17.3 Å². The molecule has 0 spiro atoms. The van der Waals surface area contributed by atoms with Crippen LogP contribution in [0.2, 0.25) is 0 Å². The zero-order valence-corrected chi connectivity index (χ0v) is 13.7. The van der Waals surface area contributed by atoms with Gasteiger partial charge >= 0.3 is 0 Å². The Bertz CT molecular complexity index is 382. The van der Waals surface area contributed by atoms with E-state index in [0.717, 1.165) is 11.8 Å². The first-order chi connectivity index (χ1) is 9.47. The summed E-state index contributed by atoms with van der Waals surface area (Å²) in [4.78, 5) is 0. The van der Waals surface area contributed by atoms with Crippen molar-refractivity contribution in [1.29, 1.82) is 0 Å². The van der Waals surface area contributed by atoms with E-state index in [9.17, 15) is 0 Å². The van der Waals surface area contributed by atoms with Gasteiger partial charge in [-0.1, -0.05) is 51.1 Å². The maximum atomic E-state index is 3.72. The lowest BCUT2D eigenvalue weighted by Crippen LogP contribution is -2.31. The largest absolute Gasteiger partial charge is 0.310 e. The third-order valence-corrected chi connectivity index (χ3v) is 5.08. The highest BCUT2D eigenvalue weighted by Gasteiger charge is 2.29. The third kappa shape index (κ3) is 4.34. The van der Waals surface area contributed by atoms with Crippen molar-refractivity contribution in [2.45, 2.75) is 59.4 Å². The van der Waals surface area contributed by atoms with Crippen molar-refractivity contribution < 1.29 is 0 Å². The highest BCUT2D eigenvalue weighted by atomic mass is 14.9. The molecule has 1 aromatic rings. The maximum Gasteiger partial charge on any atom is 0.0291 e. The Morgan fingerprint density at radius 1 is 1.05 bits per heavy atom. The molecule has 0 aromatic heterocycles. The number of rotatable bonds is 4. The van der Waals surface area contributed by atoms with Gasteiger partial charge in [-0.25, -0.2) is 0 Å². The van der Waals surface area contributed by atoms with Crippen LogP contribution in [0.4, 0.5) is 0 Å². The average Bonchev–Trinajstić information content (AvgIpc) is 2.45. The van der Waals surface area contributed by atoms with Gasteiger partial charge in [0.15, 0.2) is 0 Å². The van der Waals surface area contributed by atoms with Crippen LogP contribution < -0.4 is 5.32 Å². The fourth-order valence-electron chi connectivity index (χ4n) is 3.44. The van der Waals surface area contributed by atoms with Crippen LogP contribution in [0.15, 0.2) is 30.3 Å². The van der Waals surface area contributed by atoms with Gasteiger partial charge in [-0.05, 0) is 62.0 Å². The van der Waals surface area contributed by atoms with E-state index in [-0.39, 0.29) is 0 Å². The quantitative estimate of drug-likeness (QED) is 0.796. The molecule has 1 nitrogen and oxygen atoms in total. The molecule has 1 aliphatic rings. The Kier molecular flexibility index (Phi) is 5.26. The summed E-state index contributed by atoms with van der Waals surface area (Å²) in [6.07, 6.45) is 5.62. The third-order valence-electron chi connectivity index (χ3n) is 5.08. The molecule has 1 aliphatic carbocycles. The van der Waals surface area contributed by atoms with E-state index in [1.165, 1.54) is 37.8 Å². The van der Waals surface area contributed by atoms with Gasteiger partial charge in [0.1, 0.15) is 0 Å². The second-order valence-corrected chi connectivity index (χ2v) is 7.62. The minimum Gasteiger partial charge on any atom is -0.310 e. The van der Waals surface area contributed by atoms with Gasteiger partial charge in [-0.2, -0.15) is 0 Å². The lowest BCUT2D eigenvalue weighted by Gasteiger charge is -2.37. The second-order valence-electron chi connectivity index (χ2n) is 7.62. The van der Waals surface area contributed by atoms with E-state index < -0.39 is 0 Å². The van der Waals surface area contributed by atoms with Crippen molar-refractivity contribution in [2.24, 2.45) is 17.3 Å². The normalized spacial score (nSPS) is 25.4. The van der Waals surface area contributed by atoms with Crippen LogP contribution in [-0.4, -0.2) is 6.54 Å². The van der Waals surface area contributed by atoms with Crippen LogP contribution in [0.3, 0.4) is 0 Å². The molecule has 0 heterocycles. The van der Waals surface area contributed by atoms with E-state index in [4.69, 9.17) is 0 Å². The molecule has 112 valence electrons. The Hall–Kier alpha value is -0.820. The molecule has 0 amide bonds. The van der Waals surface area contributed by atoms with Crippen molar-refractivity contribution in [3.63, 3.8) is 0 Å². The van der Waals surface area contributed by atoms with E-state index in [1.54, 1.807) is 0 Å². The first-order valence-corrected chi connectivity index (χ1v) is 8.25. The highest BCUT2D eigenvalue weighted by molar-refractivity contribution is 5.17. The zero-order chi connectivity index (χ0) is 14.6. The summed E-state index contributed by atoms with van der Waals surface area (Å²) in [5.41, 5.74) is 1.89. The molecule has 20 heavy (non-hydrogen) atoms. The molecule has 1 fully saturated rings. The lowest BCUT2D eigenvalue weighted by molar-refractivity contribution is 0.148. The van der Waals surface area contributed by atoms with Crippen molar-refractivity contribution in [3.8, 4) is 0 Å². The second kappa shape index (κ2) is 6.76. The topological polar surface area (TPSA) is 12.0 Å². The van der Waals surface area contributed by atoms with Crippen LogP contribution in [0.5, 0.6) is 0 Å². The summed E-state index contributed by atoms with van der Waals surface area (Å²) >= 11 is 0. The van der Waals surface area contributed by atoms with Crippen molar-refractivity contribution >= 4 is 0 Å². The molecule has 0 radical (unpaired) electrons. The molecular formula is C19H31N. The molecule has 0 saturated heterocycles. The Morgan fingerprint density at radius 3 is 2.20 bits per heavy atom. The monoisotopic (exact) mass is 273 g/mol. The SMILES string of the molecule is C[C@@H](NCC1CCC(C(C)(C)C)CC1)c1ccccc1. The summed E-state index contributed by atoms with van der Waals surface area (Å²) in [5.74, 6) is 1.80. The average molecular weight is 273 g/mol. The van der Waals surface area contributed by atoms with E-state index in [1.807, 2.05) is 0 Å². The summed E-state index contributed by atoms with van der Waals surface area (Å²) < 4.78 is 0. The van der Waals surface area contributed by atoms with Crippen LogP contribution >= 0.6 is 0 Å². The lowest BCUT2D eigenvalue weighted by atomic mass is 9.70. The van der Waals surface area contributed by atoms with Crippen LogP contribution in [-0.2, 0) is 0 Å². The Labute approximate surface area is 125 Å². The molecular weight excluding hydrogens is 242 g/mol. The van der Waals surface area contributed by atoms with E-state index in [2.05, 4.69) is 63.3 Å². The molecule has 2 rings (SSSR count). The summed E-state index contributed by atoms with van der Waals surface area (Å²) in [6, 6.07) is 11.2. The van der Waals surface area contributed by atoms with Gasteiger partial charge in [0.05, 0.1) is 0 Å². The molecule has 0 aliphatic heterocycles. The van der Waals surface area contributed by atoms with Gasteiger partial charge in [0.2, 0.25) is 0 Å². The van der Waals surface area contributed by atoms with Crippen LogP contribution in [0.1, 0.15) is 65.0 Å². The van der Waals surface area contributed by atoms with Gasteiger partial charge < -0.3 is 5.32 Å². The molecule has 0 unspecified atom stereocenters. The van der Waals surface area contributed by atoms with Gasteiger partial charge in [0, 0.05) is 6.04 Å².